The summed E-state index contributed by atoms with van der Waals surface area (Å²) in [5.41, 5.74) is 1.97. The van der Waals surface area contributed by atoms with E-state index in [4.69, 9.17) is 4.74 Å². The Hall–Kier alpha value is -1.72. The smallest absolute Gasteiger partial charge is 0.228 e. The van der Waals surface area contributed by atoms with Crippen molar-refractivity contribution in [1.82, 2.24) is 9.88 Å². The summed E-state index contributed by atoms with van der Waals surface area (Å²) in [5, 5.41) is 2.96. The maximum Gasteiger partial charge on any atom is 0.228 e. The fourth-order valence-corrected chi connectivity index (χ4v) is 3.53. The van der Waals surface area contributed by atoms with Crippen molar-refractivity contribution in [2.24, 2.45) is 0 Å². The van der Waals surface area contributed by atoms with E-state index in [1.165, 1.54) is 0 Å². The van der Waals surface area contributed by atoms with Crippen LogP contribution in [0.2, 0.25) is 0 Å². The second-order valence-electron chi connectivity index (χ2n) is 5.50. The predicted molar refractivity (Wildman–Crippen MR) is 87.9 cm³/mol. The van der Waals surface area contributed by atoms with Crippen molar-refractivity contribution in [3.05, 3.63) is 41.4 Å². The number of methoxy groups -OCH3 is 1. The number of carbonyl (C=O) groups is 1. The molecule has 0 spiro atoms. The van der Waals surface area contributed by atoms with Gasteiger partial charge in [-0.1, -0.05) is 30.3 Å². The van der Waals surface area contributed by atoms with Crippen LogP contribution in [0, 0.1) is 0 Å². The summed E-state index contributed by atoms with van der Waals surface area (Å²) in [5.74, 6) is 0.166. The normalized spacial score (nSPS) is 16.0. The summed E-state index contributed by atoms with van der Waals surface area (Å²) in [6, 6.07) is 10.1. The number of thiazole rings is 1. The number of hydrogen-bond acceptors (Lipinski definition) is 4. The second-order valence-corrected chi connectivity index (χ2v) is 6.36. The second kappa shape index (κ2) is 7.03. The maximum absolute atomic E-state index is 12.4. The third kappa shape index (κ3) is 3.54. The van der Waals surface area contributed by atoms with E-state index >= 15 is 0 Å². The Kier molecular flexibility index (Phi) is 4.85. The molecule has 1 aromatic heterocycles. The van der Waals surface area contributed by atoms with Gasteiger partial charge in [0, 0.05) is 31.1 Å². The first-order chi connectivity index (χ1) is 10.8. The Bertz CT molecular complexity index is 619. The van der Waals surface area contributed by atoms with Gasteiger partial charge in [-0.3, -0.25) is 4.79 Å². The number of likely N-dealkylation sites (tertiary alicyclic amines) is 1. The van der Waals surface area contributed by atoms with Gasteiger partial charge in [-0.05, 0) is 12.8 Å². The third-order valence-corrected chi connectivity index (χ3v) is 4.97. The molecule has 0 radical (unpaired) electrons. The van der Waals surface area contributed by atoms with E-state index in [2.05, 4.69) is 4.98 Å². The van der Waals surface area contributed by atoms with E-state index in [-0.39, 0.29) is 5.91 Å². The van der Waals surface area contributed by atoms with Gasteiger partial charge < -0.3 is 9.64 Å². The predicted octanol–water partition coefficient (Wildman–Crippen LogP) is 2.99. The van der Waals surface area contributed by atoms with Crippen molar-refractivity contribution >= 4 is 17.2 Å². The lowest BCUT2D eigenvalue weighted by Crippen LogP contribution is -2.41. The largest absolute Gasteiger partial charge is 0.381 e. The first-order valence-electron chi connectivity index (χ1n) is 7.56. The van der Waals surface area contributed by atoms with E-state index < -0.39 is 0 Å². The molecule has 1 aliphatic heterocycles. The monoisotopic (exact) mass is 316 g/mol. The highest BCUT2D eigenvalue weighted by atomic mass is 32.1. The molecule has 4 nitrogen and oxygen atoms in total. The maximum atomic E-state index is 12.4. The van der Waals surface area contributed by atoms with Crippen LogP contribution in [0.5, 0.6) is 0 Å². The molecule has 1 fully saturated rings. The number of benzene rings is 1. The summed E-state index contributed by atoms with van der Waals surface area (Å²) in [6.07, 6.45) is 2.54. The average molecular weight is 316 g/mol. The molecular formula is C17H20N2O2S. The number of hydrogen-bond donors (Lipinski definition) is 0. The average Bonchev–Trinajstić information content (AvgIpc) is 3.04. The lowest BCUT2D eigenvalue weighted by Gasteiger charge is -2.31. The molecule has 1 saturated heterocycles. The van der Waals surface area contributed by atoms with Crippen molar-refractivity contribution in [2.75, 3.05) is 20.2 Å². The van der Waals surface area contributed by atoms with Gasteiger partial charge in [0.15, 0.2) is 0 Å². The summed E-state index contributed by atoms with van der Waals surface area (Å²) < 4.78 is 5.34. The Morgan fingerprint density at radius 1 is 1.32 bits per heavy atom. The topological polar surface area (TPSA) is 42.4 Å². The van der Waals surface area contributed by atoms with Gasteiger partial charge in [-0.25, -0.2) is 4.98 Å². The van der Waals surface area contributed by atoms with Gasteiger partial charge in [0.05, 0.1) is 18.2 Å². The van der Waals surface area contributed by atoms with Crippen LogP contribution >= 0.6 is 11.3 Å². The van der Waals surface area contributed by atoms with Crippen molar-refractivity contribution in [3.8, 4) is 10.6 Å². The van der Waals surface area contributed by atoms with Gasteiger partial charge in [0.1, 0.15) is 5.01 Å². The minimum absolute atomic E-state index is 0.166. The minimum atomic E-state index is 0.166. The van der Waals surface area contributed by atoms with Crippen LogP contribution in [0.1, 0.15) is 18.5 Å². The van der Waals surface area contributed by atoms with Crippen LogP contribution in [0.15, 0.2) is 35.7 Å². The highest BCUT2D eigenvalue weighted by Gasteiger charge is 2.23. The van der Waals surface area contributed by atoms with Crippen LogP contribution in [0.3, 0.4) is 0 Å². The van der Waals surface area contributed by atoms with Crippen LogP contribution in [0.4, 0.5) is 0 Å². The number of nitrogens with zero attached hydrogens (tertiary/aromatic N) is 2. The number of aromatic nitrogens is 1. The first kappa shape index (κ1) is 15.2. The first-order valence-corrected chi connectivity index (χ1v) is 8.44. The third-order valence-electron chi connectivity index (χ3n) is 4.03. The van der Waals surface area contributed by atoms with Gasteiger partial charge >= 0.3 is 0 Å². The molecular weight excluding hydrogens is 296 g/mol. The molecule has 2 aromatic rings. The Labute approximate surface area is 134 Å². The van der Waals surface area contributed by atoms with Crippen LogP contribution < -0.4 is 0 Å². The van der Waals surface area contributed by atoms with Gasteiger partial charge in [-0.2, -0.15) is 0 Å². The summed E-state index contributed by atoms with van der Waals surface area (Å²) >= 11 is 1.59. The van der Waals surface area contributed by atoms with E-state index in [0.29, 0.717) is 12.5 Å². The molecule has 116 valence electrons. The molecule has 3 rings (SSSR count). The van der Waals surface area contributed by atoms with E-state index in [9.17, 15) is 4.79 Å². The fourth-order valence-electron chi connectivity index (χ4n) is 2.71. The summed E-state index contributed by atoms with van der Waals surface area (Å²) in [7, 11) is 1.74. The number of ether oxygens (including phenoxy) is 1. The minimum Gasteiger partial charge on any atom is -0.381 e. The quantitative estimate of drug-likeness (QED) is 0.871. The zero-order valence-corrected chi connectivity index (χ0v) is 13.5. The highest BCUT2D eigenvalue weighted by molar-refractivity contribution is 7.13. The Morgan fingerprint density at radius 2 is 2.05 bits per heavy atom. The number of piperidine rings is 1. The van der Waals surface area contributed by atoms with Crippen molar-refractivity contribution in [3.63, 3.8) is 0 Å². The van der Waals surface area contributed by atoms with Crippen molar-refractivity contribution in [2.45, 2.75) is 25.4 Å². The van der Waals surface area contributed by atoms with Crippen molar-refractivity contribution < 1.29 is 9.53 Å². The standard InChI is InChI=1S/C17H20N2O2S/c1-21-15-7-9-19(10-8-15)16(20)11-14-12-22-17(18-14)13-5-3-2-4-6-13/h2-6,12,15H,7-11H2,1H3. The Balaban J connectivity index is 1.60. The molecule has 1 amide bonds. The highest BCUT2D eigenvalue weighted by Crippen LogP contribution is 2.24. The van der Waals surface area contributed by atoms with Gasteiger partial charge in [-0.15, -0.1) is 11.3 Å². The lowest BCUT2D eigenvalue weighted by atomic mass is 10.1. The van der Waals surface area contributed by atoms with E-state index in [1.807, 2.05) is 40.6 Å². The van der Waals surface area contributed by atoms with Gasteiger partial charge in [0.25, 0.3) is 0 Å². The number of amides is 1. The molecule has 0 atom stereocenters. The fraction of sp³-hybridized carbons (Fsp3) is 0.412. The van der Waals surface area contributed by atoms with Gasteiger partial charge in [0.2, 0.25) is 5.91 Å². The van der Waals surface area contributed by atoms with E-state index in [0.717, 1.165) is 42.2 Å². The molecule has 2 heterocycles. The molecule has 0 bridgehead atoms. The Morgan fingerprint density at radius 3 is 2.73 bits per heavy atom. The van der Waals surface area contributed by atoms with Crippen LogP contribution in [0.25, 0.3) is 10.6 Å². The molecule has 0 unspecified atom stereocenters. The van der Waals surface area contributed by atoms with Crippen LogP contribution in [-0.4, -0.2) is 42.1 Å². The van der Waals surface area contributed by atoms with E-state index in [1.54, 1.807) is 18.4 Å². The number of carbonyl (C=O) groups excluding carboxylic acids is 1. The molecule has 0 N–H and O–H groups in total. The zero-order valence-electron chi connectivity index (χ0n) is 12.7. The molecule has 0 saturated carbocycles. The lowest BCUT2D eigenvalue weighted by molar-refractivity contribution is -0.132. The summed E-state index contributed by atoms with van der Waals surface area (Å²) in [4.78, 5) is 18.9. The molecule has 1 aromatic carbocycles. The van der Waals surface area contributed by atoms with Crippen LogP contribution in [-0.2, 0) is 16.0 Å². The molecule has 0 aliphatic carbocycles. The molecule has 1 aliphatic rings. The number of rotatable bonds is 4. The SMILES string of the molecule is COC1CCN(C(=O)Cc2csc(-c3ccccc3)n2)CC1. The van der Waals surface area contributed by atoms with Crippen molar-refractivity contribution in [1.29, 1.82) is 0 Å². The molecule has 5 heteroatoms. The summed E-state index contributed by atoms with van der Waals surface area (Å²) in [6.45, 7) is 1.57. The zero-order chi connectivity index (χ0) is 15.4. The molecule has 22 heavy (non-hydrogen) atoms.